The third-order valence-corrected chi connectivity index (χ3v) is 3.56. The first kappa shape index (κ1) is 15.6. The first-order chi connectivity index (χ1) is 9.97. The number of benzene rings is 2. The van der Waals surface area contributed by atoms with E-state index >= 15 is 0 Å². The fraction of sp³-hybridized carbons (Fsp3) is 0.188. The maximum atomic E-state index is 13.1. The molecule has 0 aliphatic heterocycles. The summed E-state index contributed by atoms with van der Waals surface area (Å²) in [6.07, 6.45) is 0.194. The van der Waals surface area contributed by atoms with Gasteiger partial charge in [-0.2, -0.15) is 0 Å². The average molecular weight is 355 g/mol. The largest absolute Gasteiger partial charge is 0.496 e. The van der Waals surface area contributed by atoms with Crippen molar-refractivity contribution in [2.24, 2.45) is 0 Å². The normalized spacial score (nSPS) is 10.5. The minimum Gasteiger partial charge on any atom is -0.496 e. The molecule has 0 saturated heterocycles. The lowest BCUT2D eigenvalue weighted by molar-refractivity contribution is -0.117. The molecule has 0 heterocycles. The summed E-state index contributed by atoms with van der Waals surface area (Å²) in [6, 6.07) is 8.47. The van der Waals surface area contributed by atoms with Crippen LogP contribution < -0.4 is 4.74 Å². The van der Waals surface area contributed by atoms with Crippen molar-refractivity contribution < 1.29 is 18.3 Å². The molecule has 2 nitrogen and oxygen atoms in total. The Kier molecular flexibility index (Phi) is 5.07. The van der Waals surface area contributed by atoms with E-state index in [1.165, 1.54) is 12.1 Å². The summed E-state index contributed by atoms with van der Waals surface area (Å²) in [5, 5.41) is 0. The third kappa shape index (κ3) is 4.36. The van der Waals surface area contributed by atoms with Gasteiger partial charge in [0.15, 0.2) is 0 Å². The number of methoxy groups -OCH3 is 1. The minimum absolute atomic E-state index is 0.00166. The van der Waals surface area contributed by atoms with Crippen LogP contribution in [0.15, 0.2) is 40.9 Å². The lowest BCUT2D eigenvalue weighted by Gasteiger charge is -2.06. The van der Waals surface area contributed by atoms with Gasteiger partial charge < -0.3 is 4.74 Å². The van der Waals surface area contributed by atoms with Gasteiger partial charge >= 0.3 is 0 Å². The predicted molar refractivity (Wildman–Crippen MR) is 79.5 cm³/mol. The molecule has 0 radical (unpaired) electrons. The third-order valence-electron chi connectivity index (χ3n) is 2.94. The van der Waals surface area contributed by atoms with Gasteiger partial charge in [-0.1, -0.05) is 6.07 Å². The SMILES string of the molecule is COc1ccc(CC(=O)Cc2cc(F)cc(F)c2)cc1Br. The Labute approximate surface area is 129 Å². The fourth-order valence-corrected chi connectivity index (χ4v) is 2.64. The highest BCUT2D eigenvalue weighted by Crippen LogP contribution is 2.25. The Morgan fingerprint density at radius 3 is 2.24 bits per heavy atom. The van der Waals surface area contributed by atoms with E-state index in [0.717, 1.165) is 16.1 Å². The highest BCUT2D eigenvalue weighted by Gasteiger charge is 2.09. The van der Waals surface area contributed by atoms with Gasteiger partial charge in [0.05, 0.1) is 11.6 Å². The van der Waals surface area contributed by atoms with Crippen LogP contribution in [0, 0.1) is 11.6 Å². The summed E-state index contributed by atoms with van der Waals surface area (Å²) in [5.41, 5.74) is 1.15. The molecule has 2 aromatic rings. The van der Waals surface area contributed by atoms with Crippen molar-refractivity contribution in [2.45, 2.75) is 12.8 Å². The number of carbonyl (C=O) groups is 1. The van der Waals surface area contributed by atoms with Crippen LogP contribution in [-0.2, 0) is 17.6 Å². The molecule has 0 atom stereocenters. The first-order valence-corrected chi connectivity index (χ1v) is 7.06. The first-order valence-electron chi connectivity index (χ1n) is 6.27. The van der Waals surface area contributed by atoms with Crippen LogP contribution in [0.2, 0.25) is 0 Å². The Bertz CT molecular complexity index is 651. The number of ether oxygens (including phenoxy) is 1. The van der Waals surface area contributed by atoms with Gasteiger partial charge in [-0.3, -0.25) is 4.79 Å². The zero-order chi connectivity index (χ0) is 15.4. The monoisotopic (exact) mass is 354 g/mol. The molecule has 0 bridgehead atoms. The lowest BCUT2D eigenvalue weighted by atomic mass is 10.0. The molecule has 0 aromatic heterocycles. The van der Waals surface area contributed by atoms with E-state index in [0.29, 0.717) is 11.3 Å². The van der Waals surface area contributed by atoms with E-state index in [1.807, 2.05) is 0 Å². The minimum atomic E-state index is -0.676. The van der Waals surface area contributed by atoms with Crippen LogP contribution in [0.25, 0.3) is 0 Å². The molecule has 0 N–H and O–H groups in total. The molecular weight excluding hydrogens is 342 g/mol. The summed E-state index contributed by atoms with van der Waals surface area (Å²) in [7, 11) is 1.56. The average Bonchev–Trinajstić information content (AvgIpc) is 2.37. The molecule has 0 fully saturated rings. The molecule has 0 aliphatic rings. The number of hydrogen-bond donors (Lipinski definition) is 0. The Balaban J connectivity index is 2.06. The molecule has 0 unspecified atom stereocenters. The van der Waals surface area contributed by atoms with Gasteiger partial charge in [0.1, 0.15) is 23.2 Å². The van der Waals surface area contributed by atoms with Crippen molar-refractivity contribution in [1.29, 1.82) is 0 Å². The summed E-state index contributed by atoms with van der Waals surface area (Å²) in [6.45, 7) is 0. The quantitative estimate of drug-likeness (QED) is 0.808. The topological polar surface area (TPSA) is 26.3 Å². The number of carbonyl (C=O) groups excluding carboxylic acids is 1. The number of hydrogen-bond acceptors (Lipinski definition) is 2. The number of halogens is 3. The van der Waals surface area contributed by atoms with Crippen molar-refractivity contribution >= 4 is 21.7 Å². The van der Waals surface area contributed by atoms with Crippen molar-refractivity contribution in [2.75, 3.05) is 7.11 Å². The molecule has 0 spiro atoms. The van der Waals surface area contributed by atoms with Crippen molar-refractivity contribution in [1.82, 2.24) is 0 Å². The highest BCUT2D eigenvalue weighted by atomic mass is 79.9. The summed E-state index contributed by atoms with van der Waals surface area (Å²) in [5.74, 6) is -0.787. The fourth-order valence-electron chi connectivity index (χ4n) is 2.05. The van der Waals surface area contributed by atoms with E-state index in [2.05, 4.69) is 15.9 Å². The Morgan fingerprint density at radius 1 is 1.05 bits per heavy atom. The van der Waals surface area contributed by atoms with E-state index in [4.69, 9.17) is 4.74 Å². The van der Waals surface area contributed by atoms with Crippen molar-refractivity contribution in [3.05, 3.63) is 63.6 Å². The van der Waals surface area contributed by atoms with Gasteiger partial charge in [0.2, 0.25) is 0 Å². The van der Waals surface area contributed by atoms with Crippen LogP contribution in [-0.4, -0.2) is 12.9 Å². The second-order valence-electron chi connectivity index (χ2n) is 4.64. The maximum absolute atomic E-state index is 13.1. The van der Waals surface area contributed by atoms with Gasteiger partial charge in [0.25, 0.3) is 0 Å². The summed E-state index contributed by atoms with van der Waals surface area (Å²) >= 11 is 3.35. The predicted octanol–water partition coefficient (Wildman–Crippen LogP) is 4.09. The van der Waals surface area contributed by atoms with E-state index in [1.54, 1.807) is 25.3 Å². The summed E-state index contributed by atoms with van der Waals surface area (Å²) < 4.78 is 32.0. The highest BCUT2D eigenvalue weighted by molar-refractivity contribution is 9.10. The zero-order valence-electron chi connectivity index (χ0n) is 11.3. The van der Waals surface area contributed by atoms with Crippen LogP contribution in [0.3, 0.4) is 0 Å². The van der Waals surface area contributed by atoms with E-state index < -0.39 is 11.6 Å². The van der Waals surface area contributed by atoms with Gasteiger partial charge in [-0.15, -0.1) is 0 Å². The number of Topliss-reactive ketones (excluding diaryl/α,β-unsaturated/α-hetero) is 1. The van der Waals surface area contributed by atoms with Crippen molar-refractivity contribution in [3.63, 3.8) is 0 Å². The Hall–Kier alpha value is -1.75. The second-order valence-corrected chi connectivity index (χ2v) is 5.49. The van der Waals surface area contributed by atoms with Crippen LogP contribution >= 0.6 is 15.9 Å². The number of rotatable bonds is 5. The molecule has 21 heavy (non-hydrogen) atoms. The molecule has 0 amide bonds. The molecule has 2 aromatic carbocycles. The zero-order valence-corrected chi connectivity index (χ0v) is 12.9. The molecular formula is C16H13BrF2O2. The number of ketones is 1. The molecule has 0 saturated carbocycles. The second kappa shape index (κ2) is 6.80. The molecule has 5 heteroatoms. The van der Waals surface area contributed by atoms with Gasteiger partial charge in [-0.05, 0) is 51.3 Å². The van der Waals surface area contributed by atoms with Crippen molar-refractivity contribution in [3.8, 4) is 5.75 Å². The van der Waals surface area contributed by atoms with E-state index in [9.17, 15) is 13.6 Å². The maximum Gasteiger partial charge on any atom is 0.141 e. The smallest absolute Gasteiger partial charge is 0.141 e. The Morgan fingerprint density at radius 2 is 1.67 bits per heavy atom. The van der Waals surface area contributed by atoms with E-state index in [-0.39, 0.29) is 18.6 Å². The molecule has 2 rings (SSSR count). The van der Waals surface area contributed by atoms with Crippen LogP contribution in [0.5, 0.6) is 5.75 Å². The molecule has 0 aliphatic carbocycles. The van der Waals surface area contributed by atoms with Gasteiger partial charge in [0, 0.05) is 18.9 Å². The molecule has 110 valence electrons. The van der Waals surface area contributed by atoms with Gasteiger partial charge in [-0.25, -0.2) is 8.78 Å². The lowest BCUT2D eigenvalue weighted by Crippen LogP contribution is -2.07. The van der Waals surface area contributed by atoms with Crippen LogP contribution in [0.1, 0.15) is 11.1 Å². The standard InChI is InChI=1S/C16H13BrF2O2/c1-21-16-3-2-10(8-15(16)17)6-14(20)7-11-4-12(18)9-13(19)5-11/h2-5,8-9H,6-7H2,1H3. The van der Waals surface area contributed by atoms with Crippen LogP contribution in [0.4, 0.5) is 8.78 Å². The summed E-state index contributed by atoms with van der Waals surface area (Å²) in [4.78, 5) is 12.0.